The predicted molar refractivity (Wildman–Crippen MR) is 41.6 cm³/mol. The van der Waals surface area contributed by atoms with Gasteiger partial charge in [0.15, 0.2) is 0 Å². The number of likely N-dealkylation sites (N-methyl/N-ethyl adjacent to an activating group) is 1. The van der Waals surface area contributed by atoms with Crippen LogP contribution in [0.15, 0.2) is 0 Å². The molecular weight excluding hydrogens is 176 g/mol. The Morgan fingerprint density at radius 1 is 1.31 bits per heavy atom. The van der Waals surface area contributed by atoms with Crippen LogP contribution in [0, 0.1) is 0 Å². The van der Waals surface area contributed by atoms with E-state index in [4.69, 9.17) is 5.11 Å². The van der Waals surface area contributed by atoms with Crippen molar-refractivity contribution in [3.8, 4) is 0 Å². The number of amides is 4. The van der Waals surface area contributed by atoms with E-state index in [-0.39, 0.29) is 6.54 Å². The second-order valence-corrected chi connectivity index (χ2v) is 2.91. The third-order valence-corrected chi connectivity index (χ3v) is 1.70. The van der Waals surface area contributed by atoms with Gasteiger partial charge in [0.1, 0.15) is 0 Å². The van der Waals surface area contributed by atoms with Crippen LogP contribution >= 0.6 is 0 Å². The topological polar surface area (TPSA) is 77.9 Å². The Labute approximate surface area is 74.7 Å². The Morgan fingerprint density at radius 2 is 1.85 bits per heavy atom. The van der Waals surface area contributed by atoms with Crippen LogP contribution < -0.4 is 0 Å². The number of aliphatic hydroxyl groups is 1. The zero-order chi connectivity index (χ0) is 10.2. The van der Waals surface area contributed by atoms with Crippen LogP contribution in [-0.4, -0.2) is 52.4 Å². The summed E-state index contributed by atoms with van der Waals surface area (Å²) in [6.07, 6.45) is -0.827. The number of β-amino-alcohol motifs (C(OH)–C–C–N with tert-alkyl or cyclic N) is 1. The molecule has 6 nitrogen and oxygen atoms in total. The molecule has 1 atom stereocenters. The fourth-order valence-electron chi connectivity index (χ4n) is 1.04. The largest absolute Gasteiger partial charge is 0.392 e. The van der Waals surface area contributed by atoms with Crippen LogP contribution in [0.4, 0.5) is 4.79 Å². The highest BCUT2D eigenvalue weighted by atomic mass is 16.3. The minimum Gasteiger partial charge on any atom is -0.392 e. The molecule has 0 aliphatic carbocycles. The molecule has 0 aromatic rings. The van der Waals surface area contributed by atoms with Gasteiger partial charge in [0.2, 0.25) is 0 Å². The Balaban J connectivity index is 2.82. The smallest absolute Gasteiger partial charge is 0.334 e. The van der Waals surface area contributed by atoms with Gasteiger partial charge in [-0.05, 0) is 6.92 Å². The van der Waals surface area contributed by atoms with Crippen LogP contribution in [0.2, 0.25) is 0 Å². The number of imide groups is 2. The fraction of sp³-hybridized carbons (Fsp3) is 0.571. The van der Waals surface area contributed by atoms with Gasteiger partial charge < -0.3 is 5.11 Å². The standard InChI is InChI=1S/C7H10N2O4/c1-4(10)3-9-6(12)5(11)8(2)7(9)13/h4,10H,3H2,1-2H3. The molecule has 0 aromatic carbocycles. The molecule has 4 amide bonds. The quantitative estimate of drug-likeness (QED) is 0.433. The van der Waals surface area contributed by atoms with E-state index in [1.54, 1.807) is 0 Å². The van der Waals surface area contributed by atoms with E-state index in [1.165, 1.54) is 14.0 Å². The van der Waals surface area contributed by atoms with Crippen LogP contribution in [0.3, 0.4) is 0 Å². The minimum absolute atomic E-state index is 0.145. The van der Waals surface area contributed by atoms with Gasteiger partial charge in [-0.15, -0.1) is 0 Å². The van der Waals surface area contributed by atoms with Crippen LogP contribution in [0.25, 0.3) is 0 Å². The van der Waals surface area contributed by atoms with Gasteiger partial charge in [-0.25, -0.2) is 4.79 Å². The lowest BCUT2D eigenvalue weighted by Gasteiger charge is -2.13. The monoisotopic (exact) mass is 186 g/mol. The fourth-order valence-corrected chi connectivity index (χ4v) is 1.04. The van der Waals surface area contributed by atoms with Gasteiger partial charge in [-0.2, -0.15) is 0 Å². The third-order valence-electron chi connectivity index (χ3n) is 1.70. The molecule has 1 aliphatic heterocycles. The van der Waals surface area contributed by atoms with Gasteiger partial charge in [0.05, 0.1) is 12.6 Å². The average Bonchev–Trinajstić information content (AvgIpc) is 2.22. The number of hydrogen-bond donors (Lipinski definition) is 1. The molecule has 0 saturated carbocycles. The first-order valence-electron chi connectivity index (χ1n) is 3.76. The summed E-state index contributed by atoms with van der Waals surface area (Å²) in [4.78, 5) is 34.6. The van der Waals surface area contributed by atoms with Crippen molar-refractivity contribution < 1.29 is 19.5 Å². The summed E-state index contributed by atoms with van der Waals surface area (Å²) in [5, 5.41) is 8.94. The SMILES string of the molecule is CC(O)CN1C(=O)C(=O)N(C)C1=O. The Bertz CT molecular complexity index is 274. The second-order valence-electron chi connectivity index (χ2n) is 2.91. The number of nitrogens with zero attached hydrogens (tertiary/aromatic N) is 2. The maximum atomic E-state index is 11.2. The van der Waals surface area contributed by atoms with Crippen LogP contribution in [0.1, 0.15) is 6.92 Å². The first-order valence-corrected chi connectivity index (χ1v) is 3.76. The molecule has 0 bridgehead atoms. The number of aliphatic hydroxyl groups excluding tert-OH is 1. The number of carbonyl (C=O) groups is 3. The molecule has 13 heavy (non-hydrogen) atoms. The Kier molecular flexibility index (Phi) is 2.33. The first kappa shape index (κ1) is 9.66. The van der Waals surface area contributed by atoms with E-state index in [9.17, 15) is 14.4 Å². The van der Waals surface area contributed by atoms with E-state index in [1.807, 2.05) is 0 Å². The normalized spacial score (nSPS) is 20.1. The Hall–Kier alpha value is -1.43. The zero-order valence-electron chi connectivity index (χ0n) is 7.35. The van der Waals surface area contributed by atoms with E-state index < -0.39 is 23.9 Å². The maximum absolute atomic E-state index is 11.2. The van der Waals surface area contributed by atoms with Gasteiger partial charge in [-0.3, -0.25) is 19.4 Å². The third kappa shape index (κ3) is 1.52. The van der Waals surface area contributed by atoms with Crippen LogP contribution in [-0.2, 0) is 9.59 Å². The summed E-state index contributed by atoms with van der Waals surface area (Å²) in [6.45, 7) is 1.29. The van der Waals surface area contributed by atoms with Crippen molar-refractivity contribution in [2.24, 2.45) is 0 Å². The lowest BCUT2D eigenvalue weighted by atomic mass is 10.4. The Morgan fingerprint density at radius 3 is 2.15 bits per heavy atom. The number of urea groups is 1. The molecule has 1 unspecified atom stereocenters. The molecule has 1 saturated heterocycles. The summed E-state index contributed by atoms with van der Waals surface area (Å²) in [6, 6.07) is -0.684. The molecule has 1 heterocycles. The predicted octanol–water partition coefficient (Wildman–Crippen LogP) is -1.21. The van der Waals surface area contributed by atoms with Crippen molar-refractivity contribution in [3.05, 3.63) is 0 Å². The highest BCUT2D eigenvalue weighted by Crippen LogP contribution is 2.09. The zero-order valence-corrected chi connectivity index (χ0v) is 7.35. The summed E-state index contributed by atoms with van der Waals surface area (Å²) in [5.41, 5.74) is 0. The molecule has 0 aromatic heterocycles. The summed E-state index contributed by atoms with van der Waals surface area (Å²) >= 11 is 0. The molecule has 1 N–H and O–H groups in total. The number of carbonyl (C=O) groups excluding carboxylic acids is 3. The number of rotatable bonds is 2. The van der Waals surface area contributed by atoms with E-state index >= 15 is 0 Å². The molecule has 6 heteroatoms. The molecule has 1 fully saturated rings. The van der Waals surface area contributed by atoms with Crippen molar-refractivity contribution >= 4 is 17.8 Å². The van der Waals surface area contributed by atoms with Crippen molar-refractivity contribution in [3.63, 3.8) is 0 Å². The maximum Gasteiger partial charge on any atom is 0.334 e. The summed E-state index contributed by atoms with van der Waals surface area (Å²) in [5.74, 6) is -1.74. The molecule has 1 rings (SSSR count). The van der Waals surface area contributed by atoms with E-state index in [2.05, 4.69) is 0 Å². The van der Waals surface area contributed by atoms with Gasteiger partial charge in [0.25, 0.3) is 0 Å². The molecular formula is C7H10N2O4. The summed E-state index contributed by atoms with van der Waals surface area (Å²) < 4.78 is 0. The molecule has 0 radical (unpaired) electrons. The van der Waals surface area contributed by atoms with Crippen molar-refractivity contribution in [2.45, 2.75) is 13.0 Å². The second kappa shape index (κ2) is 3.14. The molecule has 0 spiro atoms. The van der Waals surface area contributed by atoms with Gasteiger partial charge in [-0.1, -0.05) is 0 Å². The van der Waals surface area contributed by atoms with E-state index in [0.29, 0.717) is 0 Å². The van der Waals surface area contributed by atoms with Crippen molar-refractivity contribution in [1.29, 1.82) is 0 Å². The van der Waals surface area contributed by atoms with Crippen molar-refractivity contribution in [1.82, 2.24) is 9.80 Å². The van der Waals surface area contributed by atoms with Gasteiger partial charge >= 0.3 is 17.8 Å². The number of hydrogen-bond acceptors (Lipinski definition) is 4. The highest BCUT2D eigenvalue weighted by Gasteiger charge is 2.42. The molecule has 1 aliphatic rings. The highest BCUT2D eigenvalue weighted by molar-refractivity contribution is 6.44. The first-order chi connectivity index (χ1) is 5.95. The minimum atomic E-state index is -0.881. The lowest BCUT2D eigenvalue weighted by molar-refractivity contribution is -0.143. The van der Waals surface area contributed by atoms with E-state index in [0.717, 1.165) is 9.80 Å². The van der Waals surface area contributed by atoms with Gasteiger partial charge in [0, 0.05) is 7.05 Å². The molecule has 72 valence electrons. The average molecular weight is 186 g/mol. The lowest BCUT2D eigenvalue weighted by Crippen LogP contribution is -2.36. The van der Waals surface area contributed by atoms with Crippen LogP contribution in [0.5, 0.6) is 0 Å². The van der Waals surface area contributed by atoms with Crippen molar-refractivity contribution in [2.75, 3.05) is 13.6 Å². The summed E-state index contributed by atoms with van der Waals surface area (Å²) in [7, 11) is 1.23.